The molecule has 0 aromatic heterocycles. The zero-order chi connectivity index (χ0) is 7.11. The summed E-state index contributed by atoms with van der Waals surface area (Å²) in [4.78, 5) is 0. The molecule has 1 unspecified atom stereocenters. The zero-order valence-corrected chi connectivity index (χ0v) is 6.82. The van der Waals surface area contributed by atoms with E-state index in [4.69, 9.17) is 11.6 Å². The van der Waals surface area contributed by atoms with Crippen molar-refractivity contribution in [1.82, 2.24) is 0 Å². The summed E-state index contributed by atoms with van der Waals surface area (Å²) < 4.78 is 0. The molecule has 0 heterocycles. The first-order valence-corrected chi connectivity index (χ1v) is 3.99. The van der Waals surface area contributed by atoms with Gasteiger partial charge in [-0.2, -0.15) is 0 Å². The van der Waals surface area contributed by atoms with Gasteiger partial charge in [-0.05, 0) is 12.8 Å². The molecule has 0 saturated heterocycles. The van der Waals surface area contributed by atoms with Gasteiger partial charge in [0.2, 0.25) is 0 Å². The second kappa shape index (κ2) is 9.03. The molecule has 0 spiro atoms. The third kappa shape index (κ3) is 8.03. The third-order valence-corrected chi connectivity index (χ3v) is 1.69. The van der Waals surface area contributed by atoms with Crippen LogP contribution in [0.3, 0.4) is 0 Å². The average Bonchev–Trinajstić information content (AvgIpc) is 1.85. The van der Waals surface area contributed by atoms with Crippen LogP contribution in [0, 0.1) is 0 Å². The van der Waals surface area contributed by atoms with Crippen molar-refractivity contribution >= 4 is 11.6 Å². The lowest BCUT2D eigenvalue weighted by atomic mass is 10.1. The predicted octanol–water partition coefficient (Wildman–Crippen LogP) is 4.00. The lowest BCUT2D eigenvalue weighted by molar-refractivity contribution is 0.682. The van der Waals surface area contributed by atoms with Crippen molar-refractivity contribution in [3.05, 3.63) is 12.7 Å². The minimum atomic E-state index is 0. The van der Waals surface area contributed by atoms with E-state index in [-0.39, 0.29) is 7.43 Å². The Balaban J connectivity index is 0. The van der Waals surface area contributed by atoms with Gasteiger partial charge in [0.1, 0.15) is 0 Å². The van der Waals surface area contributed by atoms with Gasteiger partial charge in [-0.15, -0.1) is 18.2 Å². The highest BCUT2D eigenvalue weighted by molar-refractivity contribution is 6.20. The molecule has 0 N–H and O–H groups in total. The van der Waals surface area contributed by atoms with Crippen molar-refractivity contribution in [2.75, 3.05) is 0 Å². The van der Waals surface area contributed by atoms with Crippen LogP contribution in [0.15, 0.2) is 12.7 Å². The molecule has 10 heavy (non-hydrogen) atoms. The molecule has 1 heteroatoms. The van der Waals surface area contributed by atoms with Gasteiger partial charge in [-0.25, -0.2) is 0 Å². The molecule has 0 aliphatic carbocycles. The summed E-state index contributed by atoms with van der Waals surface area (Å²) in [5, 5.41) is 0.322. The summed E-state index contributed by atoms with van der Waals surface area (Å²) >= 11 is 5.89. The standard InChI is InChI=1S/C8H15Cl.CH4/c1-3-5-7-8(9)6-4-2;/h4,8H,2-3,5-7H2,1H3;1H4. The fraction of sp³-hybridized carbons (Fsp3) is 0.778. The van der Waals surface area contributed by atoms with Gasteiger partial charge in [-0.1, -0.05) is 33.3 Å². The van der Waals surface area contributed by atoms with E-state index in [0.29, 0.717) is 5.38 Å². The van der Waals surface area contributed by atoms with Crippen LogP contribution in [0.4, 0.5) is 0 Å². The van der Waals surface area contributed by atoms with Gasteiger partial charge < -0.3 is 0 Å². The summed E-state index contributed by atoms with van der Waals surface area (Å²) in [6, 6.07) is 0. The molecule has 0 aromatic carbocycles. The fourth-order valence-electron chi connectivity index (χ4n) is 0.724. The van der Waals surface area contributed by atoms with Crippen LogP contribution in [0.2, 0.25) is 0 Å². The van der Waals surface area contributed by atoms with Crippen molar-refractivity contribution in [1.29, 1.82) is 0 Å². The van der Waals surface area contributed by atoms with Gasteiger partial charge >= 0.3 is 0 Å². The molecule has 1 atom stereocenters. The van der Waals surface area contributed by atoms with Gasteiger partial charge in [-0.3, -0.25) is 0 Å². The third-order valence-electron chi connectivity index (χ3n) is 1.29. The monoisotopic (exact) mass is 162 g/mol. The lowest BCUT2D eigenvalue weighted by Gasteiger charge is -2.02. The normalized spacial score (nSPS) is 11.8. The highest BCUT2D eigenvalue weighted by Crippen LogP contribution is 2.10. The van der Waals surface area contributed by atoms with Crippen LogP contribution in [0.5, 0.6) is 0 Å². The molecule has 0 radical (unpaired) electrons. The Morgan fingerprint density at radius 2 is 2.20 bits per heavy atom. The first-order valence-electron chi connectivity index (χ1n) is 3.56. The molecule has 0 fully saturated rings. The van der Waals surface area contributed by atoms with Crippen molar-refractivity contribution < 1.29 is 0 Å². The average molecular weight is 163 g/mol. The Morgan fingerprint density at radius 3 is 2.60 bits per heavy atom. The molecule has 0 bridgehead atoms. The van der Waals surface area contributed by atoms with Crippen molar-refractivity contribution in [3.63, 3.8) is 0 Å². The number of allylic oxidation sites excluding steroid dienone is 1. The lowest BCUT2D eigenvalue weighted by Crippen LogP contribution is -1.94. The summed E-state index contributed by atoms with van der Waals surface area (Å²) in [7, 11) is 0. The molecule has 0 rings (SSSR count). The van der Waals surface area contributed by atoms with Crippen LogP contribution in [-0.4, -0.2) is 5.38 Å². The van der Waals surface area contributed by atoms with E-state index in [1.807, 2.05) is 6.08 Å². The zero-order valence-electron chi connectivity index (χ0n) is 6.07. The second-order valence-corrected chi connectivity index (χ2v) is 2.88. The highest BCUT2D eigenvalue weighted by Gasteiger charge is 1.98. The summed E-state index contributed by atoms with van der Waals surface area (Å²) in [6.07, 6.45) is 6.43. The van der Waals surface area contributed by atoms with E-state index in [2.05, 4.69) is 13.5 Å². The molecule has 0 saturated carbocycles. The van der Waals surface area contributed by atoms with Crippen LogP contribution in [-0.2, 0) is 0 Å². The van der Waals surface area contributed by atoms with Gasteiger partial charge in [0.05, 0.1) is 0 Å². The van der Waals surface area contributed by atoms with Crippen LogP contribution < -0.4 is 0 Å². The largest absolute Gasteiger partial charge is 0.123 e. The summed E-state index contributed by atoms with van der Waals surface area (Å²) in [5.74, 6) is 0. The number of alkyl halides is 1. The number of hydrogen-bond acceptors (Lipinski definition) is 0. The van der Waals surface area contributed by atoms with E-state index in [0.717, 1.165) is 12.8 Å². The molecular weight excluding hydrogens is 144 g/mol. The molecular formula is C9H19Cl. The van der Waals surface area contributed by atoms with Crippen LogP contribution in [0.1, 0.15) is 40.0 Å². The van der Waals surface area contributed by atoms with Gasteiger partial charge in [0, 0.05) is 5.38 Å². The first-order chi connectivity index (χ1) is 4.31. The predicted molar refractivity (Wildman–Crippen MR) is 50.7 cm³/mol. The molecule has 0 aliphatic heterocycles. The summed E-state index contributed by atoms with van der Waals surface area (Å²) in [6.45, 7) is 5.80. The maximum absolute atomic E-state index is 5.89. The van der Waals surface area contributed by atoms with Gasteiger partial charge in [0.15, 0.2) is 0 Å². The van der Waals surface area contributed by atoms with Crippen LogP contribution in [0.25, 0.3) is 0 Å². The van der Waals surface area contributed by atoms with Crippen molar-refractivity contribution in [2.24, 2.45) is 0 Å². The van der Waals surface area contributed by atoms with E-state index in [1.165, 1.54) is 12.8 Å². The van der Waals surface area contributed by atoms with E-state index < -0.39 is 0 Å². The molecule has 0 aromatic rings. The maximum atomic E-state index is 5.89. The summed E-state index contributed by atoms with van der Waals surface area (Å²) in [5.41, 5.74) is 0. The minimum Gasteiger partial charge on any atom is -0.123 e. The number of rotatable bonds is 5. The fourth-order valence-corrected chi connectivity index (χ4v) is 1.00. The Hall–Kier alpha value is 0.0300. The molecule has 0 amide bonds. The maximum Gasteiger partial charge on any atom is 0.0370 e. The van der Waals surface area contributed by atoms with Crippen LogP contribution >= 0.6 is 11.6 Å². The van der Waals surface area contributed by atoms with Gasteiger partial charge in [0.25, 0.3) is 0 Å². The molecule has 0 aliphatic rings. The minimum absolute atomic E-state index is 0. The number of unbranched alkanes of at least 4 members (excludes halogenated alkanes) is 1. The van der Waals surface area contributed by atoms with E-state index in [1.54, 1.807) is 0 Å². The topological polar surface area (TPSA) is 0 Å². The number of hydrogen-bond donors (Lipinski definition) is 0. The van der Waals surface area contributed by atoms with Crippen molar-refractivity contribution in [3.8, 4) is 0 Å². The highest BCUT2D eigenvalue weighted by atomic mass is 35.5. The SMILES string of the molecule is C.C=CCC(Cl)CCCC. The molecule has 0 nitrogen and oxygen atoms in total. The Labute approximate surface area is 70.3 Å². The Bertz CT molecular complexity index is 69.1. The molecule has 62 valence electrons. The Morgan fingerprint density at radius 1 is 1.60 bits per heavy atom. The smallest absolute Gasteiger partial charge is 0.0370 e. The van der Waals surface area contributed by atoms with E-state index in [9.17, 15) is 0 Å². The first kappa shape index (κ1) is 12.7. The quantitative estimate of drug-likeness (QED) is 0.424. The number of halogens is 1. The van der Waals surface area contributed by atoms with E-state index >= 15 is 0 Å². The second-order valence-electron chi connectivity index (χ2n) is 2.26. The Kier molecular flexibility index (Phi) is 11.5. The van der Waals surface area contributed by atoms with Crippen molar-refractivity contribution in [2.45, 2.75) is 45.4 Å².